The van der Waals surface area contributed by atoms with Crippen LogP contribution in [0.1, 0.15) is 35.1 Å². The lowest BCUT2D eigenvalue weighted by Gasteiger charge is -1.98. The topological polar surface area (TPSA) is 57.8 Å². The molecular weight excluding hydrogens is 289 g/mol. The normalized spacial score (nSPS) is 11.2. The number of fused-ring (bicyclic) bond motifs is 1. The fourth-order valence-corrected chi connectivity index (χ4v) is 2.94. The number of rotatable bonds is 3. The number of carbonyl (C=O) groups is 1. The first kappa shape index (κ1) is 13.8. The van der Waals surface area contributed by atoms with Gasteiger partial charge in [0.15, 0.2) is 5.82 Å². The van der Waals surface area contributed by atoms with Gasteiger partial charge in [-0.15, -0.1) is 11.3 Å². The lowest BCUT2D eigenvalue weighted by atomic mass is 10.1. The summed E-state index contributed by atoms with van der Waals surface area (Å²) in [6, 6.07) is 8.00. The highest BCUT2D eigenvalue weighted by Gasteiger charge is 2.13. The molecule has 108 valence electrons. The van der Waals surface area contributed by atoms with E-state index in [1.807, 2.05) is 19.9 Å². The minimum atomic E-state index is -0.305. The molecule has 2 heterocycles. The first-order valence-electron chi connectivity index (χ1n) is 6.58. The van der Waals surface area contributed by atoms with Crippen LogP contribution >= 0.6 is 11.3 Å². The Morgan fingerprint density at radius 2 is 2.14 bits per heavy atom. The number of aromatic amines is 1. The molecular formula is C15H14FN3OS. The van der Waals surface area contributed by atoms with Gasteiger partial charge in [0.05, 0.1) is 4.88 Å². The van der Waals surface area contributed by atoms with Gasteiger partial charge in [-0.25, -0.2) is 4.39 Å². The number of carbonyl (C=O) groups excluding carboxylic acids is 1. The molecule has 0 aliphatic heterocycles. The molecule has 2 N–H and O–H groups in total. The van der Waals surface area contributed by atoms with Crippen molar-refractivity contribution in [2.45, 2.75) is 19.8 Å². The van der Waals surface area contributed by atoms with Crippen molar-refractivity contribution in [2.24, 2.45) is 0 Å². The Bertz CT molecular complexity index is 806. The molecule has 2 aromatic heterocycles. The van der Waals surface area contributed by atoms with E-state index >= 15 is 0 Å². The van der Waals surface area contributed by atoms with E-state index in [9.17, 15) is 9.18 Å². The van der Waals surface area contributed by atoms with Crippen molar-refractivity contribution in [3.8, 4) is 0 Å². The summed E-state index contributed by atoms with van der Waals surface area (Å²) in [5.41, 5.74) is 0.962. The molecule has 1 amide bonds. The Labute approximate surface area is 125 Å². The van der Waals surface area contributed by atoms with Crippen molar-refractivity contribution in [3.05, 3.63) is 46.7 Å². The zero-order chi connectivity index (χ0) is 15.0. The van der Waals surface area contributed by atoms with Crippen LogP contribution in [0.25, 0.3) is 10.1 Å². The van der Waals surface area contributed by atoms with Crippen molar-refractivity contribution in [3.63, 3.8) is 0 Å². The predicted octanol–water partition coefficient (Wildman–Crippen LogP) is 4.14. The maximum atomic E-state index is 13.2. The average molecular weight is 303 g/mol. The Morgan fingerprint density at radius 1 is 1.33 bits per heavy atom. The average Bonchev–Trinajstić information content (AvgIpc) is 3.04. The minimum Gasteiger partial charge on any atom is -0.304 e. The Hall–Kier alpha value is -2.21. The van der Waals surface area contributed by atoms with Crippen LogP contribution in [0, 0.1) is 5.82 Å². The summed E-state index contributed by atoms with van der Waals surface area (Å²) in [5.74, 6) is 0.266. The van der Waals surface area contributed by atoms with Crippen molar-refractivity contribution < 1.29 is 9.18 Å². The zero-order valence-electron chi connectivity index (χ0n) is 11.6. The summed E-state index contributed by atoms with van der Waals surface area (Å²) in [7, 11) is 0. The summed E-state index contributed by atoms with van der Waals surface area (Å²) in [6.07, 6.45) is 0. The van der Waals surface area contributed by atoms with Crippen molar-refractivity contribution >= 4 is 33.1 Å². The van der Waals surface area contributed by atoms with E-state index in [2.05, 4.69) is 15.5 Å². The van der Waals surface area contributed by atoms with Gasteiger partial charge in [-0.1, -0.05) is 13.8 Å². The molecule has 0 aliphatic carbocycles. The second-order valence-electron chi connectivity index (χ2n) is 5.11. The first-order chi connectivity index (χ1) is 10.0. The monoisotopic (exact) mass is 303 g/mol. The summed E-state index contributed by atoms with van der Waals surface area (Å²) in [4.78, 5) is 12.7. The summed E-state index contributed by atoms with van der Waals surface area (Å²) < 4.78 is 14.0. The van der Waals surface area contributed by atoms with Gasteiger partial charge in [-0.05, 0) is 35.6 Å². The molecule has 6 heteroatoms. The molecule has 0 fully saturated rings. The van der Waals surface area contributed by atoms with Crippen LogP contribution in [-0.4, -0.2) is 16.1 Å². The SMILES string of the molecule is CC(C)c1cc(NC(=O)c2cc3cc(F)ccc3s2)n[nH]1. The van der Waals surface area contributed by atoms with Gasteiger partial charge in [0.1, 0.15) is 5.82 Å². The fraction of sp³-hybridized carbons (Fsp3) is 0.200. The maximum absolute atomic E-state index is 13.2. The third kappa shape index (κ3) is 2.80. The van der Waals surface area contributed by atoms with Crippen LogP contribution in [0.2, 0.25) is 0 Å². The van der Waals surface area contributed by atoms with E-state index < -0.39 is 0 Å². The number of halogens is 1. The molecule has 1 aromatic carbocycles. The second-order valence-corrected chi connectivity index (χ2v) is 6.19. The van der Waals surface area contributed by atoms with Crippen molar-refractivity contribution in [1.29, 1.82) is 0 Å². The Morgan fingerprint density at radius 3 is 2.86 bits per heavy atom. The van der Waals surface area contributed by atoms with Gasteiger partial charge >= 0.3 is 0 Å². The van der Waals surface area contributed by atoms with Gasteiger partial charge in [-0.2, -0.15) is 5.10 Å². The summed E-state index contributed by atoms with van der Waals surface area (Å²) in [6.45, 7) is 4.08. The van der Waals surface area contributed by atoms with Crippen LogP contribution in [0.3, 0.4) is 0 Å². The molecule has 3 rings (SSSR count). The van der Waals surface area contributed by atoms with Crippen LogP contribution in [0.5, 0.6) is 0 Å². The third-order valence-electron chi connectivity index (χ3n) is 3.16. The van der Waals surface area contributed by atoms with Crippen LogP contribution in [-0.2, 0) is 0 Å². The van der Waals surface area contributed by atoms with E-state index in [0.29, 0.717) is 16.6 Å². The number of nitrogens with zero attached hydrogens (tertiary/aromatic N) is 1. The molecule has 4 nitrogen and oxygen atoms in total. The fourth-order valence-electron chi connectivity index (χ4n) is 2.00. The highest BCUT2D eigenvalue weighted by molar-refractivity contribution is 7.20. The maximum Gasteiger partial charge on any atom is 0.266 e. The van der Waals surface area contributed by atoms with Crippen LogP contribution < -0.4 is 5.32 Å². The van der Waals surface area contributed by atoms with Gasteiger partial charge < -0.3 is 5.32 Å². The number of amides is 1. The largest absolute Gasteiger partial charge is 0.304 e. The van der Waals surface area contributed by atoms with E-state index in [0.717, 1.165) is 15.8 Å². The van der Waals surface area contributed by atoms with Crippen LogP contribution in [0.4, 0.5) is 10.2 Å². The number of nitrogens with one attached hydrogen (secondary N) is 2. The van der Waals surface area contributed by atoms with Gasteiger partial charge in [0, 0.05) is 16.5 Å². The van der Waals surface area contributed by atoms with E-state index in [4.69, 9.17) is 0 Å². The number of benzene rings is 1. The minimum absolute atomic E-state index is 0.238. The molecule has 0 bridgehead atoms. The second kappa shape index (κ2) is 5.29. The predicted molar refractivity (Wildman–Crippen MR) is 82.4 cm³/mol. The zero-order valence-corrected chi connectivity index (χ0v) is 12.4. The first-order valence-corrected chi connectivity index (χ1v) is 7.40. The van der Waals surface area contributed by atoms with E-state index in [1.165, 1.54) is 23.5 Å². The molecule has 0 aliphatic rings. The number of hydrogen-bond donors (Lipinski definition) is 2. The Balaban J connectivity index is 1.82. The molecule has 0 radical (unpaired) electrons. The van der Waals surface area contributed by atoms with E-state index in [-0.39, 0.29) is 11.7 Å². The van der Waals surface area contributed by atoms with Crippen molar-refractivity contribution in [2.75, 3.05) is 5.32 Å². The number of thiophene rings is 1. The van der Waals surface area contributed by atoms with E-state index in [1.54, 1.807) is 12.1 Å². The lowest BCUT2D eigenvalue weighted by Crippen LogP contribution is -2.10. The highest BCUT2D eigenvalue weighted by atomic mass is 32.1. The van der Waals surface area contributed by atoms with Crippen molar-refractivity contribution in [1.82, 2.24) is 10.2 Å². The number of anilines is 1. The number of hydrogen-bond acceptors (Lipinski definition) is 3. The molecule has 0 spiro atoms. The molecule has 0 unspecified atom stereocenters. The van der Waals surface area contributed by atoms with Gasteiger partial charge in [0.2, 0.25) is 0 Å². The summed E-state index contributed by atoms with van der Waals surface area (Å²) in [5, 5.41) is 10.4. The smallest absolute Gasteiger partial charge is 0.266 e. The highest BCUT2D eigenvalue weighted by Crippen LogP contribution is 2.27. The molecule has 3 aromatic rings. The van der Waals surface area contributed by atoms with Crippen LogP contribution in [0.15, 0.2) is 30.3 Å². The lowest BCUT2D eigenvalue weighted by molar-refractivity contribution is 0.103. The summed E-state index contributed by atoms with van der Waals surface area (Å²) >= 11 is 1.33. The molecule has 21 heavy (non-hydrogen) atoms. The molecule has 0 saturated carbocycles. The van der Waals surface area contributed by atoms with Gasteiger partial charge in [-0.3, -0.25) is 9.89 Å². The molecule has 0 saturated heterocycles. The molecule has 0 atom stereocenters. The Kier molecular flexibility index (Phi) is 3.47. The third-order valence-corrected chi connectivity index (χ3v) is 4.28. The number of H-pyrrole nitrogens is 1. The standard InChI is InChI=1S/C15H14FN3OS/c1-8(2)11-7-14(19-18-11)17-15(20)13-6-9-5-10(16)3-4-12(9)21-13/h3-8H,1-2H3,(H2,17,18,19,20). The van der Waals surface area contributed by atoms with Gasteiger partial charge in [0.25, 0.3) is 5.91 Å². The number of aromatic nitrogens is 2. The quantitative estimate of drug-likeness (QED) is 0.764.